The second kappa shape index (κ2) is 10.7. The first kappa shape index (κ1) is 24.3. The Labute approximate surface area is 169 Å². The smallest absolute Gasteiger partial charge is 0.326 e. The van der Waals surface area contributed by atoms with E-state index < -0.39 is 47.9 Å². The summed E-state index contributed by atoms with van der Waals surface area (Å²) in [4.78, 5) is 61.2. The van der Waals surface area contributed by atoms with Gasteiger partial charge in [-0.05, 0) is 32.1 Å². The van der Waals surface area contributed by atoms with Crippen molar-refractivity contribution in [3.63, 3.8) is 0 Å². The normalized spacial score (nSPS) is 19.3. The summed E-state index contributed by atoms with van der Waals surface area (Å²) >= 11 is 0. The third-order valence-corrected chi connectivity index (χ3v) is 4.77. The molecule has 1 aliphatic heterocycles. The average molecular weight is 413 g/mol. The molecule has 0 spiro atoms. The molecule has 1 saturated heterocycles. The number of likely N-dealkylation sites (tertiary alicyclic amines) is 1. The van der Waals surface area contributed by atoms with Crippen molar-refractivity contribution in [2.24, 2.45) is 17.4 Å². The maximum absolute atomic E-state index is 12.7. The molecule has 11 heteroatoms. The van der Waals surface area contributed by atoms with E-state index in [0.29, 0.717) is 19.4 Å². The second-order valence-corrected chi connectivity index (χ2v) is 7.61. The summed E-state index contributed by atoms with van der Waals surface area (Å²) in [7, 11) is 0. The van der Waals surface area contributed by atoms with Crippen LogP contribution in [0.3, 0.4) is 0 Å². The molecule has 4 unspecified atom stereocenters. The van der Waals surface area contributed by atoms with Crippen LogP contribution in [-0.4, -0.2) is 70.3 Å². The topological polar surface area (TPSA) is 185 Å². The second-order valence-electron chi connectivity index (χ2n) is 7.61. The number of nitrogens with two attached hydrogens (primary N) is 2. The molecule has 0 aliphatic carbocycles. The van der Waals surface area contributed by atoms with E-state index in [9.17, 15) is 29.1 Å². The molecule has 4 amide bonds. The van der Waals surface area contributed by atoms with E-state index >= 15 is 0 Å². The molecule has 29 heavy (non-hydrogen) atoms. The van der Waals surface area contributed by atoms with Crippen LogP contribution in [0.2, 0.25) is 0 Å². The highest BCUT2D eigenvalue weighted by molar-refractivity contribution is 5.94. The highest BCUT2D eigenvalue weighted by Gasteiger charge is 2.37. The number of carboxylic acid groups (broad SMARTS) is 1. The molecule has 164 valence electrons. The Balaban J connectivity index is 2.84. The van der Waals surface area contributed by atoms with E-state index in [0.717, 1.165) is 0 Å². The standard InChI is InChI=1S/C18H31N5O6/c1-9(2)14(16(26)21-11(18(28)29)6-7-13(20)24)22-15(25)12-5-4-8-23(12)17(27)10(3)19/h9-12,14H,4-8,19H2,1-3H3,(H2,20,24)(H,21,26)(H,22,25)(H,28,29). The van der Waals surface area contributed by atoms with Crippen molar-refractivity contribution < 1.29 is 29.1 Å². The van der Waals surface area contributed by atoms with Gasteiger partial charge in [0.15, 0.2) is 0 Å². The number of nitrogens with one attached hydrogen (secondary N) is 2. The number of aliphatic carboxylic acids is 1. The lowest BCUT2D eigenvalue weighted by atomic mass is 10.0. The largest absolute Gasteiger partial charge is 0.480 e. The van der Waals surface area contributed by atoms with Crippen LogP contribution in [-0.2, 0) is 24.0 Å². The minimum atomic E-state index is -1.31. The fourth-order valence-corrected chi connectivity index (χ4v) is 3.15. The Morgan fingerprint density at radius 1 is 1.14 bits per heavy atom. The van der Waals surface area contributed by atoms with Gasteiger partial charge >= 0.3 is 5.97 Å². The average Bonchev–Trinajstić information content (AvgIpc) is 3.10. The zero-order valence-electron chi connectivity index (χ0n) is 17.0. The van der Waals surface area contributed by atoms with Crippen LogP contribution in [0.15, 0.2) is 0 Å². The lowest BCUT2D eigenvalue weighted by Gasteiger charge is -2.29. The molecule has 0 bridgehead atoms. The first-order chi connectivity index (χ1) is 13.5. The van der Waals surface area contributed by atoms with Gasteiger partial charge in [-0.15, -0.1) is 0 Å². The monoisotopic (exact) mass is 413 g/mol. The van der Waals surface area contributed by atoms with Gasteiger partial charge in [0.1, 0.15) is 18.1 Å². The maximum atomic E-state index is 12.7. The van der Waals surface area contributed by atoms with Gasteiger partial charge in [0.05, 0.1) is 6.04 Å². The third-order valence-electron chi connectivity index (χ3n) is 4.77. The van der Waals surface area contributed by atoms with Crippen molar-refractivity contribution in [3.8, 4) is 0 Å². The highest BCUT2D eigenvalue weighted by atomic mass is 16.4. The quantitative estimate of drug-likeness (QED) is 0.282. The van der Waals surface area contributed by atoms with Crippen LogP contribution >= 0.6 is 0 Å². The maximum Gasteiger partial charge on any atom is 0.326 e. The molecule has 4 atom stereocenters. The molecule has 0 aromatic rings. The number of nitrogens with zero attached hydrogens (tertiary/aromatic N) is 1. The number of carbonyl (C=O) groups excluding carboxylic acids is 4. The van der Waals surface area contributed by atoms with Crippen molar-refractivity contribution in [1.82, 2.24) is 15.5 Å². The Kier molecular flexibility index (Phi) is 9.02. The van der Waals surface area contributed by atoms with Crippen molar-refractivity contribution >= 4 is 29.6 Å². The summed E-state index contributed by atoms with van der Waals surface area (Å²) in [6, 6.07) is -3.79. The van der Waals surface area contributed by atoms with Gasteiger partial charge in [-0.3, -0.25) is 19.2 Å². The van der Waals surface area contributed by atoms with Gasteiger partial charge in [0.2, 0.25) is 23.6 Å². The summed E-state index contributed by atoms with van der Waals surface area (Å²) < 4.78 is 0. The number of carboxylic acids is 1. The van der Waals surface area contributed by atoms with Gasteiger partial charge < -0.3 is 32.1 Å². The first-order valence-corrected chi connectivity index (χ1v) is 9.63. The molecule has 1 aliphatic rings. The Morgan fingerprint density at radius 3 is 2.24 bits per heavy atom. The number of hydrogen-bond acceptors (Lipinski definition) is 6. The molecule has 7 N–H and O–H groups in total. The van der Waals surface area contributed by atoms with Crippen LogP contribution in [0, 0.1) is 5.92 Å². The predicted molar refractivity (Wildman–Crippen MR) is 103 cm³/mol. The third kappa shape index (κ3) is 7.00. The van der Waals surface area contributed by atoms with Gasteiger partial charge in [0, 0.05) is 13.0 Å². The highest BCUT2D eigenvalue weighted by Crippen LogP contribution is 2.19. The number of carbonyl (C=O) groups is 5. The van der Waals surface area contributed by atoms with E-state index in [1.165, 1.54) is 11.8 Å². The number of primary amides is 1. The van der Waals surface area contributed by atoms with E-state index in [-0.39, 0.29) is 24.7 Å². The van der Waals surface area contributed by atoms with Crippen molar-refractivity contribution in [2.75, 3.05) is 6.54 Å². The lowest BCUT2D eigenvalue weighted by Crippen LogP contribution is -2.57. The lowest BCUT2D eigenvalue weighted by molar-refractivity contribution is -0.143. The van der Waals surface area contributed by atoms with E-state index in [1.54, 1.807) is 13.8 Å². The summed E-state index contributed by atoms with van der Waals surface area (Å²) in [5.41, 5.74) is 10.7. The van der Waals surface area contributed by atoms with Crippen LogP contribution < -0.4 is 22.1 Å². The summed E-state index contributed by atoms with van der Waals surface area (Å²) in [6.45, 7) is 5.34. The Bertz CT molecular complexity index is 651. The molecule has 1 rings (SSSR count). The van der Waals surface area contributed by atoms with E-state index in [4.69, 9.17) is 11.5 Å². The van der Waals surface area contributed by atoms with Crippen LogP contribution in [0.25, 0.3) is 0 Å². The van der Waals surface area contributed by atoms with Gasteiger partial charge in [-0.1, -0.05) is 13.8 Å². The summed E-state index contributed by atoms with van der Waals surface area (Å²) in [5.74, 6) is -3.85. The fraction of sp³-hybridized carbons (Fsp3) is 0.722. The van der Waals surface area contributed by atoms with Gasteiger partial charge in [-0.2, -0.15) is 0 Å². The minimum absolute atomic E-state index is 0.158. The summed E-state index contributed by atoms with van der Waals surface area (Å²) in [5, 5.41) is 14.2. The van der Waals surface area contributed by atoms with Crippen LogP contribution in [0.5, 0.6) is 0 Å². The van der Waals surface area contributed by atoms with Gasteiger partial charge in [0.25, 0.3) is 0 Å². The molecule has 0 aromatic carbocycles. The number of rotatable bonds is 10. The van der Waals surface area contributed by atoms with Crippen molar-refractivity contribution in [3.05, 3.63) is 0 Å². The number of amides is 4. The fourth-order valence-electron chi connectivity index (χ4n) is 3.15. The van der Waals surface area contributed by atoms with Crippen molar-refractivity contribution in [2.45, 2.75) is 70.6 Å². The number of hydrogen-bond donors (Lipinski definition) is 5. The predicted octanol–water partition coefficient (Wildman–Crippen LogP) is -1.70. The molecular weight excluding hydrogens is 382 g/mol. The molecule has 1 heterocycles. The van der Waals surface area contributed by atoms with Crippen LogP contribution in [0.1, 0.15) is 46.5 Å². The zero-order valence-corrected chi connectivity index (χ0v) is 17.0. The van der Waals surface area contributed by atoms with Crippen molar-refractivity contribution in [1.29, 1.82) is 0 Å². The van der Waals surface area contributed by atoms with E-state index in [2.05, 4.69) is 10.6 Å². The molecule has 0 saturated carbocycles. The molecular formula is C18H31N5O6. The summed E-state index contributed by atoms with van der Waals surface area (Å²) in [6.07, 6.45) is 0.733. The zero-order chi connectivity index (χ0) is 22.3. The SMILES string of the molecule is CC(N)C(=O)N1CCCC1C(=O)NC(C(=O)NC(CCC(N)=O)C(=O)O)C(C)C. The Morgan fingerprint density at radius 2 is 1.76 bits per heavy atom. The minimum Gasteiger partial charge on any atom is -0.480 e. The molecule has 0 radical (unpaired) electrons. The molecule has 0 aromatic heterocycles. The molecule has 1 fully saturated rings. The van der Waals surface area contributed by atoms with E-state index in [1.807, 2.05) is 0 Å². The molecule has 11 nitrogen and oxygen atoms in total. The van der Waals surface area contributed by atoms with Crippen LogP contribution in [0.4, 0.5) is 0 Å². The Hall–Kier alpha value is -2.69. The van der Waals surface area contributed by atoms with Gasteiger partial charge in [-0.25, -0.2) is 4.79 Å². The first-order valence-electron chi connectivity index (χ1n) is 9.63.